The van der Waals surface area contributed by atoms with E-state index in [2.05, 4.69) is 31.2 Å². The minimum absolute atomic E-state index is 0.0196. The molecule has 2 unspecified atom stereocenters. The number of morpholine rings is 1. The number of aromatic nitrogens is 2. The standard InChI is InChI=1S/C25H30BrClN4O7/c1-37-20-10-14-18(28-12-29-25(14)30-13-2-3-16(26)17(27)8-13)9-15(20)22(34)21(31-4-6-38-7-5-31)24(36)23(35)19(33)11-32/h2-3,8-10,12,19,21-24,32-36H,4-7,11H2,1H3,(H,28,29,30)/t19-,21-,22?,23+,24+/m1/s1/i4D/t4?,19-,21-,22?,23+,24+. The second-order valence-corrected chi connectivity index (χ2v) is 10.0. The minimum atomic E-state index is -1.80. The Kier molecular flexibility index (Phi) is 9.25. The highest BCUT2D eigenvalue weighted by atomic mass is 79.9. The maximum Gasteiger partial charge on any atom is 0.141 e. The predicted molar refractivity (Wildman–Crippen MR) is 145 cm³/mol. The van der Waals surface area contributed by atoms with E-state index in [0.717, 1.165) is 4.47 Å². The summed E-state index contributed by atoms with van der Waals surface area (Å²) in [7, 11) is 1.42. The molecule has 0 radical (unpaired) electrons. The molecule has 6 atom stereocenters. The molecule has 1 aliphatic rings. The highest BCUT2D eigenvalue weighted by molar-refractivity contribution is 9.10. The number of rotatable bonds is 10. The van der Waals surface area contributed by atoms with Gasteiger partial charge in [0, 0.05) is 35.5 Å². The van der Waals surface area contributed by atoms with Crippen molar-refractivity contribution in [3.8, 4) is 5.75 Å². The number of hydrogen-bond acceptors (Lipinski definition) is 11. The molecule has 206 valence electrons. The van der Waals surface area contributed by atoms with Crippen molar-refractivity contribution >= 4 is 49.9 Å². The summed E-state index contributed by atoms with van der Waals surface area (Å²) in [6.45, 7) is -1.33. The highest BCUT2D eigenvalue weighted by Crippen LogP contribution is 2.37. The van der Waals surface area contributed by atoms with E-state index in [1.54, 1.807) is 24.3 Å². The van der Waals surface area contributed by atoms with Crippen LogP contribution in [0.3, 0.4) is 0 Å². The largest absolute Gasteiger partial charge is 0.496 e. The van der Waals surface area contributed by atoms with Gasteiger partial charge in [0.25, 0.3) is 0 Å². The fourth-order valence-corrected chi connectivity index (χ4v) is 4.79. The lowest BCUT2D eigenvalue weighted by molar-refractivity contribution is -0.135. The fraction of sp³-hybridized carbons (Fsp3) is 0.440. The van der Waals surface area contributed by atoms with Crippen LogP contribution in [0, 0.1) is 0 Å². The Bertz CT molecular complexity index is 1290. The molecule has 2 aromatic carbocycles. The van der Waals surface area contributed by atoms with Crippen molar-refractivity contribution in [2.24, 2.45) is 0 Å². The van der Waals surface area contributed by atoms with Crippen molar-refractivity contribution in [3.05, 3.63) is 51.7 Å². The number of halogens is 2. The first-order chi connectivity index (χ1) is 18.7. The molecular formula is C25H30BrClN4O7. The topological polar surface area (TPSA) is 161 Å². The summed E-state index contributed by atoms with van der Waals surface area (Å²) in [5, 5.41) is 56.8. The van der Waals surface area contributed by atoms with E-state index in [1.165, 1.54) is 18.3 Å². The van der Waals surface area contributed by atoms with Crippen LogP contribution in [0.25, 0.3) is 10.9 Å². The lowest BCUT2D eigenvalue weighted by atomic mass is 9.90. The van der Waals surface area contributed by atoms with Crippen molar-refractivity contribution in [1.29, 1.82) is 0 Å². The van der Waals surface area contributed by atoms with Crippen LogP contribution in [-0.2, 0) is 4.74 Å². The van der Waals surface area contributed by atoms with Gasteiger partial charge in [-0.05, 0) is 46.3 Å². The molecule has 2 heterocycles. The minimum Gasteiger partial charge on any atom is -0.496 e. The molecule has 13 heteroatoms. The molecule has 1 aromatic heterocycles. The average molecular weight is 615 g/mol. The van der Waals surface area contributed by atoms with Gasteiger partial charge in [-0.2, -0.15) is 0 Å². The number of aliphatic hydroxyl groups excluding tert-OH is 5. The van der Waals surface area contributed by atoms with Gasteiger partial charge in [0.05, 0.1) is 43.5 Å². The number of anilines is 2. The normalized spacial score (nSPS) is 20.8. The smallest absolute Gasteiger partial charge is 0.141 e. The third-order valence-corrected chi connectivity index (χ3v) is 7.63. The van der Waals surface area contributed by atoms with Crippen LogP contribution in [-0.4, -0.2) is 105 Å². The molecule has 0 aliphatic carbocycles. The Morgan fingerprint density at radius 1 is 1.18 bits per heavy atom. The number of benzene rings is 2. The van der Waals surface area contributed by atoms with E-state index in [9.17, 15) is 25.5 Å². The summed E-state index contributed by atoms with van der Waals surface area (Å²) in [6, 6.07) is 7.29. The summed E-state index contributed by atoms with van der Waals surface area (Å²) >= 11 is 9.58. The number of ether oxygens (including phenoxy) is 2. The zero-order chi connectivity index (χ0) is 28.3. The van der Waals surface area contributed by atoms with Gasteiger partial charge >= 0.3 is 0 Å². The van der Waals surface area contributed by atoms with Crippen LogP contribution in [0.15, 0.2) is 41.1 Å². The number of nitrogens with zero attached hydrogens (tertiary/aromatic N) is 3. The molecule has 0 bridgehead atoms. The molecule has 0 amide bonds. The van der Waals surface area contributed by atoms with Gasteiger partial charge in [0.15, 0.2) is 0 Å². The summed E-state index contributed by atoms with van der Waals surface area (Å²) in [5.74, 6) is 0.695. The number of nitrogens with one attached hydrogen (secondary N) is 1. The summed E-state index contributed by atoms with van der Waals surface area (Å²) in [6.07, 6.45) is -5.34. The number of hydrogen-bond donors (Lipinski definition) is 6. The van der Waals surface area contributed by atoms with E-state index in [-0.39, 0.29) is 31.1 Å². The maximum atomic E-state index is 11.6. The predicted octanol–water partition coefficient (Wildman–Crippen LogP) is 1.61. The molecule has 11 nitrogen and oxygen atoms in total. The molecule has 4 rings (SSSR count). The van der Waals surface area contributed by atoms with E-state index in [1.807, 2.05) is 6.07 Å². The molecule has 0 saturated carbocycles. The third-order valence-electron chi connectivity index (χ3n) is 6.40. The number of methoxy groups -OCH3 is 1. The number of fused-ring (bicyclic) bond motifs is 1. The van der Waals surface area contributed by atoms with Crippen LogP contribution in [0.1, 0.15) is 13.0 Å². The molecule has 6 N–H and O–H groups in total. The van der Waals surface area contributed by atoms with Crippen LogP contribution in [0.2, 0.25) is 5.02 Å². The van der Waals surface area contributed by atoms with Crippen molar-refractivity contribution in [2.75, 3.05) is 45.3 Å². The molecule has 0 spiro atoms. The zero-order valence-corrected chi connectivity index (χ0v) is 22.7. The van der Waals surface area contributed by atoms with E-state index in [0.29, 0.717) is 27.4 Å². The SMILES string of the molecule is [2H]C1COCCN1[C@H](C(O)c1cc2ncnc(Nc3ccc(Br)c(Cl)c3)c2cc1OC)[C@H](O)[C@@H](O)[C@H](O)CO. The first-order valence-corrected chi connectivity index (χ1v) is 13.0. The monoisotopic (exact) mass is 613 g/mol. The summed E-state index contributed by atoms with van der Waals surface area (Å²) in [5.41, 5.74) is 1.36. The lowest BCUT2D eigenvalue weighted by Crippen LogP contribution is -2.57. The molecule has 1 aliphatic heterocycles. The summed E-state index contributed by atoms with van der Waals surface area (Å²) in [4.78, 5) is 10.2. The van der Waals surface area contributed by atoms with E-state index >= 15 is 0 Å². The fourth-order valence-electron chi connectivity index (χ4n) is 4.37. The Morgan fingerprint density at radius 2 is 1.97 bits per heavy atom. The van der Waals surface area contributed by atoms with Gasteiger partial charge in [0.1, 0.15) is 42.3 Å². The van der Waals surface area contributed by atoms with Crippen molar-refractivity contribution in [1.82, 2.24) is 14.9 Å². The van der Waals surface area contributed by atoms with Crippen LogP contribution in [0.5, 0.6) is 5.75 Å². The Morgan fingerprint density at radius 3 is 2.66 bits per heavy atom. The van der Waals surface area contributed by atoms with Gasteiger partial charge in [0.2, 0.25) is 0 Å². The number of aliphatic hydroxyl groups is 5. The average Bonchev–Trinajstić information content (AvgIpc) is 2.94. The second-order valence-electron chi connectivity index (χ2n) is 8.75. The van der Waals surface area contributed by atoms with Gasteiger partial charge in [-0.1, -0.05) is 11.6 Å². The quantitative estimate of drug-likeness (QED) is 0.197. The van der Waals surface area contributed by atoms with Gasteiger partial charge in [-0.15, -0.1) is 0 Å². The van der Waals surface area contributed by atoms with Crippen LogP contribution in [0.4, 0.5) is 11.5 Å². The molecule has 1 saturated heterocycles. The van der Waals surface area contributed by atoms with Crippen molar-refractivity contribution in [2.45, 2.75) is 30.5 Å². The molecular weight excluding hydrogens is 584 g/mol. The Hall–Kier alpha value is -2.13. The van der Waals surface area contributed by atoms with E-state index in [4.69, 9.17) is 22.4 Å². The van der Waals surface area contributed by atoms with E-state index < -0.39 is 43.6 Å². The van der Waals surface area contributed by atoms with Crippen molar-refractivity contribution < 1.29 is 36.4 Å². The van der Waals surface area contributed by atoms with Gasteiger partial charge in [-0.3, -0.25) is 4.90 Å². The van der Waals surface area contributed by atoms with Crippen LogP contribution < -0.4 is 10.1 Å². The first-order valence-electron chi connectivity index (χ1n) is 12.4. The highest BCUT2D eigenvalue weighted by Gasteiger charge is 2.41. The second kappa shape index (κ2) is 12.8. The summed E-state index contributed by atoms with van der Waals surface area (Å²) < 4.78 is 20.1. The molecule has 3 aromatic rings. The Labute approximate surface area is 234 Å². The Balaban J connectivity index is 1.75. The van der Waals surface area contributed by atoms with Gasteiger partial charge in [-0.25, -0.2) is 9.97 Å². The molecule has 1 fully saturated rings. The maximum absolute atomic E-state index is 11.6. The van der Waals surface area contributed by atoms with Crippen LogP contribution >= 0.6 is 27.5 Å². The lowest BCUT2D eigenvalue weighted by Gasteiger charge is -2.41. The molecule has 38 heavy (non-hydrogen) atoms. The third kappa shape index (κ3) is 6.19. The van der Waals surface area contributed by atoms with Gasteiger partial charge < -0.3 is 40.3 Å². The first kappa shape index (κ1) is 27.4. The zero-order valence-electron chi connectivity index (χ0n) is 21.4. The van der Waals surface area contributed by atoms with Crippen molar-refractivity contribution in [3.63, 3.8) is 0 Å².